The molecule has 1 unspecified atom stereocenters. The van der Waals surface area contributed by atoms with Gasteiger partial charge in [-0.2, -0.15) is 0 Å². The number of amides is 2. The summed E-state index contributed by atoms with van der Waals surface area (Å²) < 4.78 is 11.3. The van der Waals surface area contributed by atoms with Crippen molar-refractivity contribution in [3.63, 3.8) is 0 Å². The lowest BCUT2D eigenvalue weighted by Gasteiger charge is -2.26. The molecule has 0 radical (unpaired) electrons. The highest BCUT2D eigenvalue weighted by molar-refractivity contribution is 7.14. The Labute approximate surface area is 120 Å². The summed E-state index contributed by atoms with van der Waals surface area (Å²) in [5.74, 6) is 1.45. The molecule has 1 atom stereocenters. The molecule has 20 heavy (non-hydrogen) atoms. The molecular weight excluding hydrogens is 276 g/mol. The van der Waals surface area contributed by atoms with Gasteiger partial charge in [-0.3, -0.25) is 5.32 Å². The van der Waals surface area contributed by atoms with E-state index in [1.54, 1.807) is 0 Å². The summed E-state index contributed by atoms with van der Waals surface area (Å²) in [7, 11) is 0. The Bertz CT molecular complexity index is 586. The molecule has 0 saturated heterocycles. The first-order valence-corrected chi connectivity index (χ1v) is 7.16. The zero-order chi connectivity index (χ0) is 13.8. The van der Waals surface area contributed by atoms with E-state index in [-0.39, 0.29) is 12.1 Å². The number of benzene rings is 1. The van der Waals surface area contributed by atoms with E-state index in [2.05, 4.69) is 10.6 Å². The summed E-state index contributed by atoms with van der Waals surface area (Å²) >= 11 is 1.48. The third-order valence-electron chi connectivity index (χ3n) is 2.82. The molecular formula is C14H14N2O3S. The van der Waals surface area contributed by atoms with E-state index in [0.717, 1.165) is 10.8 Å². The lowest BCUT2D eigenvalue weighted by atomic mass is 10.2. The zero-order valence-electron chi connectivity index (χ0n) is 10.7. The van der Waals surface area contributed by atoms with Crippen LogP contribution < -0.4 is 20.1 Å². The van der Waals surface area contributed by atoms with Gasteiger partial charge in [-0.25, -0.2) is 4.79 Å². The molecule has 0 spiro atoms. The molecule has 2 aromatic rings. The summed E-state index contributed by atoms with van der Waals surface area (Å²) in [6.07, 6.45) is -0.181. The maximum absolute atomic E-state index is 11.7. The van der Waals surface area contributed by atoms with Crippen LogP contribution in [-0.2, 0) is 0 Å². The monoisotopic (exact) mass is 290 g/mol. The van der Waals surface area contributed by atoms with Gasteiger partial charge in [0.05, 0.1) is 11.5 Å². The quantitative estimate of drug-likeness (QED) is 0.913. The molecule has 1 aromatic heterocycles. The number of hydrogen-bond donors (Lipinski definition) is 2. The summed E-state index contributed by atoms with van der Waals surface area (Å²) in [6.45, 7) is 0.821. The van der Waals surface area contributed by atoms with Gasteiger partial charge in [0, 0.05) is 0 Å². The molecule has 5 nitrogen and oxygen atoms in total. The van der Waals surface area contributed by atoms with Gasteiger partial charge in [0.15, 0.2) is 17.6 Å². The first-order chi connectivity index (χ1) is 9.81. The summed E-state index contributed by atoms with van der Waals surface area (Å²) in [5, 5.41) is 8.25. The van der Waals surface area contributed by atoms with Crippen LogP contribution in [0.4, 0.5) is 9.80 Å². The standard InChI is InChI=1S/C14H14N2O3S/c17-14(16-13-6-3-7-20-13)15-8-10-9-18-11-4-1-2-5-12(11)19-10/h1-7,10H,8-9H2,(H2,15,16,17). The van der Waals surface area contributed by atoms with Gasteiger partial charge in [0.1, 0.15) is 6.61 Å². The maximum atomic E-state index is 11.7. The van der Waals surface area contributed by atoms with Crippen LogP contribution in [0.25, 0.3) is 0 Å². The van der Waals surface area contributed by atoms with E-state index >= 15 is 0 Å². The van der Waals surface area contributed by atoms with Gasteiger partial charge >= 0.3 is 6.03 Å². The molecule has 1 aliphatic rings. The Kier molecular flexibility index (Phi) is 3.73. The van der Waals surface area contributed by atoms with Gasteiger partial charge < -0.3 is 14.8 Å². The average molecular weight is 290 g/mol. The number of rotatable bonds is 3. The van der Waals surface area contributed by atoms with E-state index in [1.165, 1.54) is 11.3 Å². The topological polar surface area (TPSA) is 59.6 Å². The van der Waals surface area contributed by atoms with E-state index < -0.39 is 0 Å². The van der Waals surface area contributed by atoms with E-state index in [1.807, 2.05) is 41.8 Å². The molecule has 2 heterocycles. The van der Waals surface area contributed by atoms with Crippen LogP contribution >= 0.6 is 11.3 Å². The molecule has 0 fully saturated rings. The van der Waals surface area contributed by atoms with Crippen LogP contribution in [-0.4, -0.2) is 25.3 Å². The third kappa shape index (κ3) is 3.03. The number of anilines is 1. The second-order valence-corrected chi connectivity index (χ2v) is 5.26. The molecule has 2 N–H and O–H groups in total. The Morgan fingerprint density at radius 2 is 2.10 bits per heavy atom. The molecule has 2 amide bonds. The fourth-order valence-electron chi connectivity index (χ4n) is 1.88. The fraction of sp³-hybridized carbons (Fsp3) is 0.214. The van der Waals surface area contributed by atoms with Gasteiger partial charge in [0.2, 0.25) is 0 Å². The van der Waals surface area contributed by atoms with E-state index in [9.17, 15) is 4.79 Å². The van der Waals surface area contributed by atoms with Gasteiger partial charge in [0.25, 0.3) is 0 Å². The predicted octanol–water partition coefficient (Wildman–Crippen LogP) is 2.71. The normalized spacial score (nSPS) is 16.5. The molecule has 0 bridgehead atoms. The van der Waals surface area contributed by atoms with Crippen molar-refractivity contribution in [2.24, 2.45) is 0 Å². The smallest absolute Gasteiger partial charge is 0.319 e. The predicted molar refractivity (Wildman–Crippen MR) is 77.7 cm³/mol. The van der Waals surface area contributed by atoms with Crippen molar-refractivity contribution in [2.45, 2.75) is 6.10 Å². The highest BCUT2D eigenvalue weighted by atomic mass is 32.1. The van der Waals surface area contributed by atoms with Crippen molar-refractivity contribution >= 4 is 22.4 Å². The SMILES string of the molecule is O=C(NCC1COc2ccccc2O1)Nc1cccs1. The maximum Gasteiger partial charge on any atom is 0.319 e. The van der Waals surface area contributed by atoms with E-state index in [0.29, 0.717) is 18.9 Å². The number of ether oxygens (including phenoxy) is 2. The van der Waals surface area contributed by atoms with Crippen LogP contribution in [0.15, 0.2) is 41.8 Å². The average Bonchev–Trinajstić information content (AvgIpc) is 2.98. The summed E-state index contributed by atoms with van der Waals surface area (Å²) in [4.78, 5) is 11.7. The Morgan fingerprint density at radius 1 is 1.25 bits per heavy atom. The summed E-state index contributed by atoms with van der Waals surface area (Å²) in [6, 6.07) is 11.0. The first kappa shape index (κ1) is 12.8. The summed E-state index contributed by atoms with van der Waals surface area (Å²) in [5.41, 5.74) is 0. The first-order valence-electron chi connectivity index (χ1n) is 6.28. The fourth-order valence-corrected chi connectivity index (χ4v) is 2.49. The van der Waals surface area contributed by atoms with Crippen LogP contribution in [0.3, 0.4) is 0 Å². The number of para-hydroxylation sites is 2. The van der Waals surface area contributed by atoms with Crippen molar-refractivity contribution in [3.8, 4) is 11.5 Å². The molecule has 104 valence electrons. The molecule has 0 aliphatic carbocycles. The minimum Gasteiger partial charge on any atom is -0.486 e. The number of urea groups is 1. The number of nitrogens with one attached hydrogen (secondary N) is 2. The van der Waals surface area contributed by atoms with Gasteiger partial charge in [-0.15, -0.1) is 11.3 Å². The van der Waals surface area contributed by atoms with Gasteiger partial charge in [-0.1, -0.05) is 12.1 Å². The van der Waals surface area contributed by atoms with Crippen LogP contribution in [0, 0.1) is 0 Å². The molecule has 3 rings (SSSR count). The van der Waals surface area contributed by atoms with Crippen molar-refractivity contribution in [2.75, 3.05) is 18.5 Å². The van der Waals surface area contributed by atoms with Crippen molar-refractivity contribution in [1.82, 2.24) is 5.32 Å². The minimum atomic E-state index is -0.241. The number of hydrogen-bond acceptors (Lipinski definition) is 4. The Morgan fingerprint density at radius 3 is 2.90 bits per heavy atom. The van der Waals surface area contributed by atoms with Crippen molar-refractivity contribution in [3.05, 3.63) is 41.8 Å². The number of carbonyl (C=O) groups is 1. The molecule has 1 aromatic carbocycles. The van der Waals surface area contributed by atoms with Crippen molar-refractivity contribution in [1.29, 1.82) is 0 Å². The lowest BCUT2D eigenvalue weighted by molar-refractivity contribution is 0.0922. The second-order valence-electron chi connectivity index (χ2n) is 4.31. The van der Waals surface area contributed by atoms with Crippen LogP contribution in [0.2, 0.25) is 0 Å². The number of thiophene rings is 1. The van der Waals surface area contributed by atoms with Crippen LogP contribution in [0.5, 0.6) is 11.5 Å². The second kappa shape index (κ2) is 5.83. The molecule has 6 heteroatoms. The van der Waals surface area contributed by atoms with Gasteiger partial charge in [-0.05, 0) is 29.6 Å². The zero-order valence-corrected chi connectivity index (χ0v) is 11.5. The Balaban J connectivity index is 1.49. The minimum absolute atomic E-state index is 0.181. The molecule has 1 aliphatic heterocycles. The number of carbonyl (C=O) groups excluding carboxylic acids is 1. The lowest BCUT2D eigenvalue weighted by Crippen LogP contribution is -2.42. The Hall–Kier alpha value is -2.21. The third-order valence-corrected chi connectivity index (χ3v) is 3.60. The highest BCUT2D eigenvalue weighted by Gasteiger charge is 2.20. The largest absolute Gasteiger partial charge is 0.486 e. The molecule has 0 saturated carbocycles. The number of fused-ring (bicyclic) bond motifs is 1. The van der Waals surface area contributed by atoms with Crippen LogP contribution in [0.1, 0.15) is 0 Å². The van der Waals surface area contributed by atoms with Crippen molar-refractivity contribution < 1.29 is 14.3 Å². The van der Waals surface area contributed by atoms with E-state index in [4.69, 9.17) is 9.47 Å². The highest BCUT2D eigenvalue weighted by Crippen LogP contribution is 2.30.